The van der Waals surface area contributed by atoms with Crippen molar-refractivity contribution in [1.29, 1.82) is 0 Å². The van der Waals surface area contributed by atoms with Gasteiger partial charge in [0.25, 0.3) is 0 Å². The second-order valence-electron chi connectivity index (χ2n) is 4.11. The van der Waals surface area contributed by atoms with Crippen molar-refractivity contribution in [2.24, 2.45) is 5.92 Å². The van der Waals surface area contributed by atoms with Crippen LogP contribution in [-0.2, 0) is 4.74 Å². The van der Waals surface area contributed by atoms with E-state index < -0.39 is 5.97 Å². The van der Waals surface area contributed by atoms with Crippen molar-refractivity contribution in [1.82, 2.24) is 0 Å². The van der Waals surface area contributed by atoms with Crippen LogP contribution in [0.25, 0.3) is 0 Å². The summed E-state index contributed by atoms with van der Waals surface area (Å²) in [7, 11) is 0. The molecule has 2 N–H and O–H groups in total. The summed E-state index contributed by atoms with van der Waals surface area (Å²) in [6, 6.07) is 4.73. The second kappa shape index (κ2) is 5.38. The molecule has 4 nitrogen and oxygen atoms in total. The van der Waals surface area contributed by atoms with E-state index in [0.29, 0.717) is 23.2 Å². The van der Waals surface area contributed by atoms with Crippen LogP contribution < -0.4 is 5.32 Å². The topological polar surface area (TPSA) is 58.6 Å². The molecule has 1 saturated heterocycles. The van der Waals surface area contributed by atoms with Gasteiger partial charge < -0.3 is 15.2 Å². The molecule has 0 spiro atoms. The summed E-state index contributed by atoms with van der Waals surface area (Å²) < 4.78 is 5.26. The van der Waals surface area contributed by atoms with E-state index in [1.54, 1.807) is 12.1 Å². The number of hydrogen-bond donors (Lipinski definition) is 2. The van der Waals surface area contributed by atoms with Gasteiger partial charge in [-0.25, -0.2) is 4.79 Å². The number of nitrogens with one attached hydrogen (secondary N) is 1. The quantitative estimate of drug-likeness (QED) is 0.868. The zero-order valence-corrected chi connectivity index (χ0v) is 10.0. The summed E-state index contributed by atoms with van der Waals surface area (Å²) in [6.07, 6.45) is 1.01. The molecule has 0 aliphatic carbocycles. The van der Waals surface area contributed by atoms with Gasteiger partial charge in [-0.15, -0.1) is 0 Å². The highest BCUT2D eigenvalue weighted by Crippen LogP contribution is 2.22. The van der Waals surface area contributed by atoms with Crippen LogP contribution in [0.4, 0.5) is 5.69 Å². The number of hydrogen-bond acceptors (Lipinski definition) is 3. The minimum atomic E-state index is -0.952. The fraction of sp³-hybridized carbons (Fsp3) is 0.417. The lowest BCUT2D eigenvalue weighted by atomic mass is 10.1. The molecule has 1 heterocycles. The van der Waals surface area contributed by atoms with Crippen molar-refractivity contribution in [2.45, 2.75) is 6.42 Å². The molecular formula is C12H14ClNO3. The molecule has 1 aliphatic rings. The van der Waals surface area contributed by atoms with Gasteiger partial charge in [-0.05, 0) is 24.6 Å². The third-order valence-corrected chi connectivity index (χ3v) is 3.05. The zero-order chi connectivity index (χ0) is 12.3. The minimum absolute atomic E-state index is 0.244. The highest BCUT2D eigenvalue weighted by molar-refractivity contribution is 6.31. The van der Waals surface area contributed by atoms with E-state index in [-0.39, 0.29) is 5.56 Å². The van der Waals surface area contributed by atoms with E-state index in [1.807, 2.05) is 0 Å². The molecule has 0 aromatic heterocycles. The van der Waals surface area contributed by atoms with E-state index in [2.05, 4.69) is 5.32 Å². The van der Waals surface area contributed by atoms with Crippen molar-refractivity contribution in [2.75, 3.05) is 25.1 Å². The standard InChI is InChI=1S/C12H14ClNO3/c13-9-1-2-10(12(15)16)11(5-9)14-6-8-3-4-17-7-8/h1-2,5,8,14H,3-4,6-7H2,(H,15,16). The molecule has 1 unspecified atom stereocenters. The summed E-state index contributed by atoms with van der Waals surface area (Å²) in [5.74, 6) is -0.512. The first-order chi connectivity index (χ1) is 8.16. The molecule has 0 saturated carbocycles. The number of ether oxygens (including phenoxy) is 1. The van der Waals surface area contributed by atoms with Gasteiger partial charge >= 0.3 is 5.97 Å². The molecule has 5 heteroatoms. The molecule has 17 heavy (non-hydrogen) atoms. The summed E-state index contributed by atoms with van der Waals surface area (Å²) >= 11 is 5.86. The highest BCUT2D eigenvalue weighted by Gasteiger charge is 2.17. The van der Waals surface area contributed by atoms with E-state index in [1.165, 1.54) is 6.07 Å². The Balaban J connectivity index is 2.07. The van der Waals surface area contributed by atoms with E-state index in [9.17, 15) is 4.79 Å². The molecule has 0 bridgehead atoms. The maximum absolute atomic E-state index is 11.0. The first kappa shape index (κ1) is 12.2. The fourth-order valence-electron chi connectivity index (χ4n) is 1.85. The number of carboxylic acid groups (broad SMARTS) is 1. The monoisotopic (exact) mass is 255 g/mol. The summed E-state index contributed by atoms with van der Waals surface area (Å²) in [4.78, 5) is 11.0. The Bertz CT molecular complexity index is 416. The van der Waals surface area contributed by atoms with Crippen molar-refractivity contribution in [3.8, 4) is 0 Å². The number of aromatic carboxylic acids is 1. The van der Waals surface area contributed by atoms with Crippen LogP contribution in [0.2, 0.25) is 5.02 Å². The lowest BCUT2D eigenvalue weighted by Gasteiger charge is -2.13. The number of benzene rings is 1. The SMILES string of the molecule is O=C(O)c1ccc(Cl)cc1NCC1CCOC1. The van der Waals surface area contributed by atoms with Gasteiger partial charge in [-0.3, -0.25) is 0 Å². The maximum Gasteiger partial charge on any atom is 0.337 e. The first-order valence-corrected chi connectivity index (χ1v) is 5.89. The Labute approximate surface area is 105 Å². The highest BCUT2D eigenvalue weighted by atomic mass is 35.5. The van der Waals surface area contributed by atoms with Crippen LogP contribution in [-0.4, -0.2) is 30.8 Å². The van der Waals surface area contributed by atoms with Crippen LogP contribution in [0, 0.1) is 5.92 Å². The van der Waals surface area contributed by atoms with E-state index in [4.69, 9.17) is 21.4 Å². The average molecular weight is 256 g/mol. The van der Waals surface area contributed by atoms with Crippen molar-refractivity contribution in [3.05, 3.63) is 28.8 Å². The van der Waals surface area contributed by atoms with Gasteiger partial charge in [0, 0.05) is 24.1 Å². The third-order valence-electron chi connectivity index (χ3n) is 2.82. The molecule has 1 atom stereocenters. The fourth-order valence-corrected chi connectivity index (χ4v) is 2.02. The average Bonchev–Trinajstić information content (AvgIpc) is 2.78. The lowest BCUT2D eigenvalue weighted by Crippen LogP contribution is -2.16. The summed E-state index contributed by atoms with van der Waals surface area (Å²) in [6.45, 7) is 2.23. The number of carbonyl (C=O) groups is 1. The smallest absolute Gasteiger partial charge is 0.337 e. The predicted octanol–water partition coefficient (Wildman–Crippen LogP) is 2.49. The van der Waals surface area contributed by atoms with Crippen LogP contribution in [0.5, 0.6) is 0 Å². The first-order valence-electron chi connectivity index (χ1n) is 5.51. The Kier molecular flexibility index (Phi) is 3.86. The molecule has 1 aromatic rings. The van der Waals surface area contributed by atoms with Gasteiger partial charge in [-0.1, -0.05) is 11.6 Å². The number of anilines is 1. The van der Waals surface area contributed by atoms with Crippen molar-refractivity contribution >= 4 is 23.3 Å². The summed E-state index contributed by atoms with van der Waals surface area (Å²) in [5, 5.41) is 12.7. The van der Waals surface area contributed by atoms with E-state index in [0.717, 1.165) is 19.6 Å². The van der Waals surface area contributed by atoms with Crippen molar-refractivity contribution < 1.29 is 14.6 Å². The molecule has 0 amide bonds. The largest absolute Gasteiger partial charge is 0.478 e. The second-order valence-corrected chi connectivity index (χ2v) is 4.54. The third kappa shape index (κ3) is 3.11. The lowest BCUT2D eigenvalue weighted by molar-refractivity contribution is 0.0698. The number of rotatable bonds is 4. The maximum atomic E-state index is 11.0. The van der Waals surface area contributed by atoms with Crippen LogP contribution in [0.1, 0.15) is 16.8 Å². The molecule has 1 aromatic carbocycles. The summed E-state index contributed by atoms with van der Waals surface area (Å²) in [5.41, 5.74) is 0.810. The number of halogens is 1. The zero-order valence-electron chi connectivity index (χ0n) is 9.28. The Morgan fingerprint density at radius 1 is 1.59 bits per heavy atom. The van der Waals surface area contributed by atoms with Crippen LogP contribution in [0.15, 0.2) is 18.2 Å². The van der Waals surface area contributed by atoms with Crippen molar-refractivity contribution in [3.63, 3.8) is 0 Å². The Morgan fingerprint density at radius 2 is 2.41 bits per heavy atom. The van der Waals surface area contributed by atoms with Gasteiger partial charge in [0.05, 0.1) is 17.9 Å². The molecule has 1 aliphatic heterocycles. The molecular weight excluding hydrogens is 242 g/mol. The normalized spacial score (nSPS) is 19.2. The predicted molar refractivity (Wildman–Crippen MR) is 65.8 cm³/mol. The van der Waals surface area contributed by atoms with Gasteiger partial charge in [-0.2, -0.15) is 0 Å². The molecule has 2 rings (SSSR count). The molecule has 1 fully saturated rings. The Morgan fingerprint density at radius 3 is 3.06 bits per heavy atom. The van der Waals surface area contributed by atoms with Gasteiger partial charge in [0.2, 0.25) is 0 Å². The van der Waals surface area contributed by atoms with Crippen LogP contribution in [0.3, 0.4) is 0 Å². The molecule has 92 valence electrons. The molecule has 0 radical (unpaired) electrons. The van der Waals surface area contributed by atoms with Gasteiger partial charge in [0.1, 0.15) is 0 Å². The number of carboxylic acids is 1. The van der Waals surface area contributed by atoms with E-state index >= 15 is 0 Å². The Hall–Kier alpha value is -1.26. The van der Waals surface area contributed by atoms with Crippen LogP contribution >= 0.6 is 11.6 Å². The minimum Gasteiger partial charge on any atom is -0.478 e. The van der Waals surface area contributed by atoms with Gasteiger partial charge in [0.15, 0.2) is 0 Å².